The van der Waals surface area contributed by atoms with Gasteiger partial charge in [-0.05, 0) is 81.4 Å². The van der Waals surface area contributed by atoms with Crippen molar-refractivity contribution in [3.05, 3.63) is 35.7 Å². The summed E-state index contributed by atoms with van der Waals surface area (Å²) in [4.78, 5) is 9.98. The van der Waals surface area contributed by atoms with Gasteiger partial charge >= 0.3 is 0 Å². The van der Waals surface area contributed by atoms with E-state index in [9.17, 15) is 0 Å². The van der Waals surface area contributed by atoms with Crippen LogP contribution in [0.3, 0.4) is 0 Å². The molecule has 144 valence electrons. The monoisotopic (exact) mass is 355 g/mol. The Balaban J connectivity index is 1.43. The van der Waals surface area contributed by atoms with Gasteiger partial charge in [0, 0.05) is 18.8 Å². The van der Waals surface area contributed by atoms with Crippen molar-refractivity contribution >= 4 is 6.08 Å². The molecule has 0 aromatic carbocycles. The second kappa shape index (κ2) is 9.14. The van der Waals surface area contributed by atoms with Crippen molar-refractivity contribution in [2.75, 3.05) is 32.7 Å². The maximum absolute atomic E-state index is 4.64. The zero-order valence-corrected chi connectivity index (χ0v) is 17.1. The molecule has 0 amide bonds. The van der Waals surface area contributed by atoms with Gasteiger partial charge in [0.05, 0.1) is 5.69 Å². The molecule has 1 aromatic heterocycles. The standard InChI is InChI=1S/C23H37N3/c1-4-23(2,3)20-10-11-21(24-19-20)9-8-14-25-17-12-22(13-18-25)26-15-6-5-7-16-26/h8-11,19,22H,4-7,12-18H2,1-3H3/b9-8+. The molecule has 2 saturated heterocycles. The summed E-state index contributed by atoms with van der Waals surface area (Å²) in [7, 11) is 0. The molecular formula is C23H37N3. The van der Waals surface area contributed by atoms with E-state index in [4.69, 9.17) is 0 Å². The summed E-state index contributed by atoms with van der Waals surface area (Å²) in [5, 5.41) is 0. The Morgan fingerprint density at radius 3 is 2.42 bits per heavy atom. The van der Waals surface area contributed by atoms with Crippen molar-refractivity contribution in [3.63, 3.8) is 0 Å². The molecule has 3 nitrogen and oxygen atoms in total. The second-order valence-electron chi connectivity index (χ2n) is 8.74. The Hall–Kier alpha value is -1.19. The molecule has 3 heteroatoms. The van der Waals surface area contributed by atoms with Crippen LogP contribution in [0.1, 0.15) is 70.6 Å². The molecule has 2 aliphatic heterocycles. The van der Waals surface area contributed by atoms with Crippen LogP contribution in [0.5, 0.6) is 0 Å². The molecule has 1 aromatic rings. The highest BCUT2D eigenvalue weighted by Crippen LogP contribution is 2.26. The van der Waals surface area contributed by atoms with E-state index in [1.54, 1.807) is 0 Å². The van der Waals surface area contributed by atoms with Gasteiger partial charge in [0.25, 0.3) is 0 Å². The summed E-state index contributed by atoms with van der Waals surface area (Å²) in [6, 6.07) is 5.23. The van der Waals surface area contributed by atoms with E-state index in [0.717, 1.165) is 24.7 Å². The fourth-order valence-corrected chi connectivity index (χ4v) is 4.18. The topological polar surface area (TPSA) is 19.4 Å². The first-order valence-corrected chi connectivity index (χ1v) is 10.7. The molecule has 0 aliphatic carbocycles. The number of nitrogens with zero attached hydrogens (tertiary/aromatic N) is 3. The minimum absolute atomic E-state index is 0.216. The van der Waals surface area contributed by atoms with Crippen LogP contribution in [0.15, 0.2) is 24.4 Å². The highest BCUT2D eigenvalue weighted by molar-refractivity contribution is 5.45. The van der Waals surface area contributed by atoms with Crippen molar-refractivity contribution in [2.24, 2.45) is 0 Å². The van der Waals surface area contributed by atoms with Crippen molar-refractivity contribution in [3.8, 4) is 0 Å². The SMILES string of the molecule is CCC(C)(C)c1ccc(/C=C/CN2CCC(N3CCCCC3)CC2)nc1. The summed E-state index contributed by atoms with van der Waals surface area (Å²) < 4.78 is 0. The fraction of sp³-hybridized carbons (Fsp3) is 0.696. The summed E-state index contributed by atoms with van der Waals surface area (Å²) in [6.45, 7) is 13.0. The van der Waals surface area contributed by atoms with E-state index < -0.39 is 0 Å². The third-order valence-corrected chi connectivity index (χ3v) is 6.57. The zero-order chi connectivity index (χ0) is 18.4. The first kappa shape index (κ1) is 19.6. The van der Waals surface area contributed by atoms with Crippen molar-refractivity contribution in [2.45, 2.75) is 70.8 Å². The lowest BCUT2D eigenvalue weighted by atomic mass is 9.83. The number of likely N-dealkylation sites (tertiary alicyclic amines) is 2. The van der Waals surface area contributed by atoms with Gasteiger partial charge in [-0.15, -0.1) is 0 Å². The molecule has 2 aliphatic rings. The lowest BCUT2D eigenvalue weighted by molar-refractivity contribution is 0.0975. The van der Waals surface area contributed by atoms with Gasteiger partial charge < -0.3 is 4.90 Å². The number of hydrogen-bond donors (Lipinski definition) is 0. The normalized spacial score (nSPS) is 21.5. The van der Waals surface area contributed by atoms with E-state index in [1.807, 2.05) is 6.20 Å². The summed E-state index contributed by atoms with van der Waals surface area (Å²) in [5.41, 5.74) is 2.62. The van der Waals surface area contributed by atoms with Crippen LogP contribution in [0.4, 0.5) is 0 Å². The van der Waals surface area contributed by atoms with Crippen LogP contribution in [-0.2, 0) is 5.41 Å². The molecule has 0 radical (unpaired) electrons. The molecule has 0 bridgehead atoms. The quantitative estimate of drug-likeness (QED) is 0.735. The van der Waals surface area contributed by atoms with Crippen LogP contribution in [0.25, 0.3) is 6.08 Å². The van der Waals surface area contributed by atoms with Gasteiger partial charge in [-0.25, -0.2) is 0 Å². The summed E-state index contributed by atoms with van der Waals surface area (Å²) in [5.74, 6) is 0. The summed E-state index contributed by atoms with van der Waals surface area (Å²) >= 11 is 0. The van der Waals surface area contributed by atoms with Gasteiger partial charge in [-0.2, -0.15) is 0 Å². The van der Waals surface area contributed by atoms with E-state index in [-0.39, 0.29) is 5.41 Å². The van der Waals surface area contributed by atoms with Crippen LogP contribution in [0.2, 0.25) is 0 Å². The van der Waals surface area contributed by atoms with Gasteiger partial charge in [0.2, 0.25) is 0 Å². The van der Waals surface area contributed by atoms with Crippen LogP contribution < -0.4 is 0 Å². The predicted molar refractivity (Wildman–Crippen MR) is 111 cm³/mol. The molecule has 2 fully saturated rings. The first-order valence-electron chi connectivity index (χ1n) is 10.7. The van der Waals surface area contributed by atoms with Crippen molar-refractivity contribution in [1.82, 2.24) is 14.8 Å². The Morgan fingerprint density at radius 2 is 1.81 bits per heavy atom. The first-order chi connectivity index (χ1) is 12.6. The number of hydrogen-bond acceptors (Lipinski definition) is 3. The van der Waals surface area contributed by atoms with Crippen molar-refractivity contribution in [1.29, 1.82) is 0 Å². The summed E-state index contributed by atoms with van der Waals surface area (Å²) in [6.07, 6.45) is 14.6. The van der Waals surface area contributed by atoms with Crippen molar-refractivity contribution < 1.29 is 0 Å². The largest absolute Gasteiger partial charge is 0.300 e. The number of aromatic nitrogens is 1. The lowest BCUT2D eigenvalue weighted by Crippen LogP contribution is -2.46. The maximum Gasteiger partial charge on any atom is 0.0627 e. The Labute approximate surface area is 160 Å². The third-order valence-electron chi connectivity index (χ3n) is 6.57. The van der Waals surface area contributed by atoms with Crippen LogP contribution >= 0.6 is 0 Å². The smallest absolute Gasteiger partial charge is 0.0627 e. The van der Waals surface area contributed by atoms with E-state index in [0.29, 0.717) is 0 Å². The highest BCUT2D eigenvalue weighted by Gasteiger charge is 2.24. The Kier molecular flexibility index (Phi) is 6.88. The van der Waals surface area contributed by atoms with Gasteiger partial charge in [0.1, 0.15) is 0 Å². The van der Waals surface area contributed by atoms with Gasteiger partial charge in [-0.3, -0.25) is 9.88 Å². The minimum atomic E-state index is 0.216. The van der Waals surface area contributed by atoms with E-state index in [1.165, 1.54) is 63.8 Å². The molecular weight excluding hydrogens is 318 g/mol. The fourth-order valence-electron chi connectivity index (χ4n) is 4.18. The molecule has 3 heterocycles. The Morgan fingerprint density at radius 1 is 1.08 bits per heavy atom. The molecule has 3 rings (SSSR count). The lowest BCUT2D eigenvalue weighted by Gasteiger charge is -2.40. The molecule has 0 N–H and O–H groups in total. The molecule has 0 spiro atoms. The van der Waals surface area contributed by atoms with Crippen LogP contribution in [-0.4, -0.2) is 53.5 Å². The number of pyridine rings is 1. The van der Waals surface area contributed by atoms with Gasteiger partial charge in [0.15, 0.2) is 0 Å². The minimum Gasteiger partial charge on any atom is -0.300 e. The van der Waals surface area contributed by atoms with E-state index >= 15 is 0 Å². The number of piperidine rings is 2. The predicted octanol–water partition coefficient (Wildman–Crippen LogP) is 4.73. The number of rotatable bonds is 6. The average molecular weight is 356 g/mol. The molecule has 26 heavy (non-hydrogen) atoms. The molecule has 0 atom stereocenters. The zero-order valence-electron chi connectivity index (χ0n) is 17.1. The highest BCUT2D eigenvalue weighted by atomic mass is 15.2. The van der Waals surface area contributed by atoms with E-state index in [2.05, 4.69) is 59.8 Å². The van der Waals surface area contributed by atoms with Crippen LogP contribution in [0, 0.1) is 0 Å². The average Bonchev–Trinajstić information content (AvgIpc) is 2.70. The second-order valence-corrected chi connectivity index (χ2v) is 8.74. The Bertz CT molecular complexity index is 562. The molecule has 0 saturated carbocycles. The van der Waals surface area contributed by atoms with Gasteiger partial charge in [-0.1, -0.05) is 39.3 Å². The third kappa shape index (κ3) is 5.17. The maximum atomic E-state index is 4.64. The molecule has 0 unspecified atom stereocenters.